The molecule has 0 aliphatic carbocycles. The molecular weight excluding hydrogens is 310 g/mol. The van der Waals surface area contributed by atoms with E-state index in [0.717, 1.165) is 28.2 Å². The van der Waals surface area contributed by atoms with Gasteiger partial charge >= 0.3 is 0 Å². The van der Waals surface area contributed by atoms with Gasteiger partial charge in [-0.3, -0.25) is 9.79 Å². The Labute approximate surface area is 139 Å². The predicted octanol–water partition coefficient (Wildman–Crippen LogP) is 3.00. The number of aliphatic imine (C=N–C) groups is 1. The number of amides is 1. The summed E-state index contributed by atoms with van der Waals surface area (Å²) in [6.45, 7) is 0.371. The van der Waals surface area contributed by atoms with E-state index in [9.17, 15) is 4.79 Å². The van der Waals surface area contributed by atoms with Crippen LogP contribution in [-0.2, 0) is 4.79 Å². The van der Waals surface area contributed by atoms with Crippen molar-refractivity contribution in [3.8, 4) is 0 Å². The molecule has 0 radical (unpaired) electrons. The van der Waals surface area contributed by atoms with E-state index >= 15 is 0 Å². The van der Waals surface area contributed by atoms with Crippen molar-refractivity contribution in [3.05, 3.63) is 76.5 Å². The summed E-state index contributed by atoms with van der Waals surface area (Å²) in [5.74, 6) is -0.485. The first kappa shape index (κ1) is 15.3. The van der Waals surface area contributed by atoms with Gasteiger partial charge < -0.3 is 10.6 Å². The lowest BCUT2D eigenvalue weighted by atomic mass is 10.0. The summed E-state index contributed by atoms with van der Waals surface area (Å²) in [5, 5.41) is 0.642. The van der Waals surface area contributed by atoms with Crippen molar-refractivity contribution < 1.29 is 4.79 Å². The molecule has 2 N–H and O–H groups in total. The van der Waals surface area contributed by atoms with E-state index in [1.807, 2.05) is 60.5 Å². The van der Waals surface area contributed by atoms with Crippen LogP contribution in [-0.4, -0.2) is 25.2 Å². The van der Waals surface area contributed by atoms with Crippen molar-refractivity contribution in [3.63, 3.8) is 0 Å². The number of nitrogens with two attached hydrogens (primary N) is 1. The van der Waals surface area contributed by atoms with Gasteiger partial charge in [-0.15, -0.1) is 0 Å². The Hall–Kier alpha value is -2.59. The molecule has 5 heteroatoms. The highest BCUT2D eigenvalue weighted by Gasteiger charge is 2.21. The Morgan fingerprint density at radius 2 is 2.00 bits per heavy atom. The van der Waals surface area contributed by atoms with Gasteiger partial charge in [-0.2, -0.15) is 0 Å². The van der Waals surface area contributed by atoms with E-state index < -0.39 is 5.91 Å². The first-order valence-corrected chi connectivity index (χ1v) is 7.57. The van der Waals surface area contributed by atoms with Crippen molar-refractivity contribution in [2.45, 2.75) is 0 Å². The van der Waals surface area contributed by atoms with Crippen LogP contribution in [0.5, 0.6) is 0 Å². The monoisotopic (exact) mass is 325 g/mol. The lowest BCUT2D eigenvalue weighted by Gasteiger charge is -2.22. The Morgan fingerprint density at radius 1 is 1.26 bits per heavy atom. The number of nitrogens with zero attached hydrogens (tertiary/aromatic N) is 2. The van der Waals surface area contributed by atoms with Crippen molar-refractivity contribution in [1.82, 2.24) is 0 Å². The molecule has 2 aromatic rings. The Morgan fingerprint density at radius 3 is 2.70 bits per heavy atom. The van der Waals surface area contributed by atoms with Gasteiger partial charge in [0.15, 0.2) is 0 Å². The summed E-state index contributed by atoms with van der Waals surface area (Å²) in [7, 11) is 1.89. The molecule has 0 bridgehead atoms. The third-order valence-electron chi connectivity index (χ3n) is 3.76. The number of fused-ring (bicyclic) bond motifs is 1. The molecule has 0 unspecified atom stereocenters. The second-order valence-corrected chi connectivity index (χ2v) is 5.73. The average Bonchev–Trinajstić information content (AvgIpc) is 2.66. The van der Waals surface area contributed by atoms with E-state index in [2.05, 4.69) is 0 Å². The van der Waals surface area contributed by atoms with Gasteiger partial charge in [-0.1, -0.05) is 41.9 Å². The summed E-state index contributed by atoms with van der Waals surface area (Å²) in [4.78, 5) is 17.9. The Bertz CT molecular complexity index is 812. The zero-order valence-electron chi connectivity index (χ0n) is 12.7. The van der Waals surface area contributed by atoms with E-state index in [4.69, 9.17) is 22.3 Å². The molecule has 1 aliphatic rings. The molecular formula is C18H16ClN3O. The number of carbonyl (C=O) groups excluding carboxylic acids is 1. The van der Waals surface area contributed by atoms with Crippen molar-refractivity contribution in [2.75, 3.05) is 18.5 Å². The molecule has 1 aliphatic heterocycles. The van der Waals surface area contributed by atoms with Gasteiger partial charge in [0.25, 0.3) is 0 Å². The van der Waals surface area contributed by atoms with Gasteiger partial charge in [0, 0.05) is 35.0 Å². The Balaban J connectivity index is 2.21. The molecule has 0 spiro atoms. The third kappa shape index (κ3) is 3.12. The topological polar surface area (TPSA) is 58.7 Å². The summed E-state index contributed by atoms with van der Waals surface area (Å²) < 4.78 is 0. The summed E-state index contributed by atoms with van der Waals surface area (Å²) in [6, 6.07) is 15.6. The summed E-state index contributed by atoms with van der Waals surface area (Å²) >= 11 is 6.19. The van der Waals surface area contributed by atoms with Gasteiger partial charge in [0.2, 0.25) is 5.91 Å². The molecule has 116 valence electrons. The summed E-state index contributed by atoms with van der Waals surface area (Å²) in [5.41, 5.74) is 9.77. The molecule has 0 atom stereocenters. The first-order chi connectivity index (χ1) is 11.1. The fraction of sp³-hybridized carbons (Fsp3) is 0.111. The van der Waals surface area contributed by atoms with Gasteiger partial charge in [-0.25, -0.2) is 0 Å². The van der Waals surface area contributed by atoms with Crippen LogP contribution in [0, 0.1) is 0 Å². The molecule has 1 amide bonds. The van der Waals surface area contributed by atoms with Crippen molar-refractivity contribution in [2.24, 2.45) is 10.7 Å². The van der Waals surface area contributed by atoms with Crippen molar-refractivity contribution in [1.29, 1.82) is 0 Å². The minimum absolute atomic E-state index is 0.371. The number of hydrogen-bond acceptors (Lipinski definition) is 3. The molecule has 0 aromatic heterocycles. The largest absolute Gasteiger partial charge is 0.366 e. The molecule has 0 saturated carbocycles. The Kier molecular flexibility index (Phi) is 4.17. The van der Waals surface area contributed by atoms with Gasteiger partial charge in [0.1, 0.15) is 0 Å². The number of carbonyl (C=O) groups is 1. The number of likely N-dealkylation sites (N-methyl/N-ethyl adjacent to an activating group) is 1. The van der Waals surface area contributed by atoms with E-state index in [1.165, 1.54) is 6.08 Å². The third-order valence-corrected chi connectivity index (χ3v) is 4.00. The SMILES string of the molecule is CN1/C(=C/C(N)=O)CN=C(c2ccccc2)c2cc(Cl)ccc21. The predicted molar refractivity (Wildman–Crippen MR) is 94.1 cm³/mol. The number of primary amides is 1. The number of halogens is 1. The lowest BCUT2D eigenvalue weighted by Crippen LogP contribution is -2.21. The molecule has 0 fully saturated rings. The van der Waals surface area contributed by atoms with Gasteiger partial charge in [-0.05, 0) is 18.2 Å². The highest BCUT2D eigenvalue weighted by molar-refractivity contribution is 6.31. The molecule has 2 aromatic carbocycles. The number of rotatable bonds is 2. The van der Waals surface area contributed by atoms with Crippen LogP contribution in [0.2, 0.25) is 5.02 Å². The first-order valence-electron chi connectivity index (χ1n) is 7.20. The summed E-state index contributed by atoms with van der Waals surface area (Å²) in [6.07, 6.45) is 1.41. The highest BCUT2D eigenvalue weighted by atomic mass is 35.5. The van der Waals surface area contributed by atoms with E-state index in [-0.39, 0.29) is 0 Å². The molecule has 23 heavy (non-hydrogen) atoms. The standard InChI is InChI=1S/C18H16ClN3O/c1-22-14(10-17(20)23)11-21-18(12-5-3-2-4-6-12)15-9-13(19)7-8-16(15)22/h2-10H,11H2,1H3,(H2,20,23)/b14-10+. The molecule has 0 saturated heterocycles. The second kappa shape index (κ2) is 6.26. The van der Waals surface area contributed by atoms with E-state index in [1.54, 1.807) is 0 Å². The lowest BCUT2D eigenvalue weighted by molar-refractivity contribution is -0.113. The van der Waals surface area contributed by atoms with Crippen LogP contribution in [0.15, 0.2) is 65.3 Å². The maximum atomic E-state index is 11.3. The fourth-order valence-electron chi connectivity index (χ4n) is 2.65. The molecule has 3 rings (SSSR count). The van der Waals surface area contributed by atoms with Crippen LogP contribution >= 0.6 is 11.6 Å². The number of benzene rings is 2. The quantitative estimate of drug-likeness (QED) is 0.863. The minimum Gasteiger partial charge on any atom is -0.366 e. The minimum atomic E-state index is -0.485. The smallest absolute Gasteiger partial charge is 0.243 e. The van der Waals surface area contributed by atoms with E-state index in [0.29, 0.717) is 11.6 Å². The number of anilines is 1. The average molecular weight is 326 g/mol. The van der Waals surface area contributed by atoms with Crippen molar-refractivity contribution >= 4 is 28.9 Å². The van der Waals surface area contributed by atoms with Crippen LogP contribution in [0.25, 0.3) is 0 Å². The highest BCUT2D eigenvalue weighted by Crippen LogP contribution is 2.31. The second-order valence-electron chi connectivity index (χ2n) is 5.29. The zero-order chi connectivity index (χ0) is 16.4. The van der Waals surface area contributed by atoms with Crippen LogP contribution in [0.4, 0.5) is 5.69 Å². The van der Waals surface area contributed by atoms with Crippen LogP contribution in [0.3, 0.4) is 0 Å². The maximum absolute atomic E-state index is 11.3. The zero-order valence-corrected chi connectivity index (χ0v) is 13.4. The van der Waals surface area contributed by atoms with Crippen LogP contribution < -0.4 is 10.6 Å². The fourth-order valence-corrected chi connectivity index (χ4v) is 2.82. The number of benzodiazepines with no additional fused rings is 1. The normalized spacial score (nSPS) is 15.8. The molecule has 1 heterocycles. The number of hydrogen-bond donors (Lipinski definition) is 1. The molecule has 4 nitrogen and oxygen atoms in total. The maximum Gasteiger partial charge on any atom is 0.243 e. The van der Waals surface area contributed by atoms with Gasteiger partial charge in [0.05, 0.1) is 17.9 Å². The van der Waals surface area contributed by atoms with Crippen LogP contribution in [0.1, 0.15) is 11.1 Å².